The first-order chi connectivity index (χ1) is 21.2. The Bertz CT molecular complexity index is 1210. The van der Waals surface area contributed by atoms with E-state index in [-0.39, 0.29) is 11.7 Å². The number of aromatic nitrogens is 2. The fraction of sp³-hybridized carbons (Fsp3) is 0.676. The molecule has 0 bridgehead atoms. The molecule has 1 N–H and O–H groups in total. The molecule has 2 aliphatic rings. The fourth-order valence-electron chi connectivity index (χ4n) is 4.72. The van der Waals surface area contributed by atoms with Crippen molar-refractivity contribution < 1.29 is 23.5 Å². The molecule has 8 nitrogen and oxygen atoms in total. The first kappa shape index (κ1) is 41.0. The van der Waals surface area contributed by atoms with Gasteiger partial charge in [0.2, 0.25) is 5.95 Å². The van der Waals surface area contributed by atoms with Crippen molar-refractivity contribution in [2.24, 2.45) is 10.8 Å². The summed E-state index contributed by atoms with van der Waals surface area (Å²) in [7, 11) is 0. The number of pyridine rings is 2. The van der Waals surface area contributed by atoms with Crippen LogP contribution >= 0.6 is 0 Å². The third-order valence-electron chi connectivity index (χ3n) is 6.70. The van der Waals surface area contributed by atoms with Crippen LogP contribution in [0.3, 0.4) is 0 Å². The van der Waals surface area contributed by atoms with Gasteiger partial charge in [-0.3, -0.25) is 0 Å². The Morgan fingerprint density at radius 1 is 0.826 bits per heavy atom. The highest BCUT2D eigenvalue weighted by Gasteiger charge is 2.28. The average Bonchev–Trinajstić information content (AvgIpc) is 2.92. The maximum atomic E-state index is 12.6. The molecule has 4 rings (SSSR count). The van der Waals surface area contributed by atoms with Crippen LogP contribution in [0.5, 0.6) is 0 Å². The Labute approximate surface area is 278 Å². The maximum Gasteiger partial charge on any atom is 0.357 e. The summed E-state index contributed by atoms with van der Waals surface area (Å²) in [6, 6.07) is 9.57. The molecule has 2 aliphatic heterocycles. The van der Waals surface area contributed by atoms with Gasteiger partial charge >= 0.3 is 11.9 Å². The molecule has 46 heavy (non-hydrogen) atoms. The van der Waals surface area contributed by atoms with E-state index in [1.165, 1.54) is 57.0 Å². The van der Waals surface area contributed by atoms with E-state index in [1.807, 2.05) is 32.9 Å². The van der Waals surface area contributed by atoms with Gasteiger partial charge in [-0.2, -0.15) is 4.39 Å². The first-order valence-corrected chi connectivity index (χ1v) is 16.7. The Morgan fingerprint density at radius 2 is 1.33 bits per heavy atom. The molecule has 0 atom stereocenters. The van der Waals surface area contributed by atoms with Crippen LogP contribution in [0.4, 0.5) is 10.2 Å². The number of ether oxygens (including phenoxy) is 2. The van der Waals surface area contributed by atoms with Gasteiger partial charge in [-0.15, -0.1) is 0 Å². The number of nitrogens with zero attached hydrogens (tertiary/aromatic N) is 3. The molecular weight excluding hydrogens is 583 g/mol. The highest BCUT2D eigenvalue weighted by molar-refractivity contribution is 5.88. The van der Waals surface area contributed by atoms with Gasteiger partial charge in [-0.1, -0.05) is 60.1 Å². The molecule has 2 fully saturated rings. The van der Waals surface area contributed by atoms with Crippen LogP contribution in [-0.4, -0.2) is 59.3 Å². The molecule has 4 heterocycles. The van der Waals surface area contributed by atoms with E-state index in [4.69, 9.17) is 9.47 Å². The molecular formula is C37H61FN4O4. The summed E-state index contributed by atoms with van der Waals surface area (Å²) < 4.78 is 23.0. The van der Waals surface area contributed by atoms with Crippen molar-refractivity contribution in [1.82, 2.24) is 15.3 Å². The third kappa shape index (κ3) is 17.6. The van der Waals surface area contributed by atoms with Gasteiger partial charge in [-0.25, -0.2) is 19.6 Å². The molecule has 0 aliphatic carbocycles. The predicted octanol–water partition coefficient (Wildman–Crippen LogP) is 8.65. The summed E-state index contributed by atoms with van der Waals surface area (Å²) in [6.45, 7) is 28.6. The molecule has 0 saturated carbocycles. The summed E-state index contributed by atoms with van der Waals surface area (Å²) in [4.78, 5) is 33.7. The van der Waals surface area contributed by atoms with Crippen LogP contribution in [0.25, 0.3) is 0 Å². The van der Waals surface area contributed by atoms with Crippen LogP contribution in [-0.2, 0) is 9.47 Å². The van der Waals surface area contributed by atoms with Crippen molar-refractivity contribution in [2.45, 2.75) is 126 Å². The minimum atomic E-state index is -0.687. The van der Waals surface area contributed by atoms with Crippen molar-refractivity contribution in [3.63, 3.8) is 0 Å². The van der Waals surface area contributed by atoms with Crippen molar-refractivity contribution in [1.29, 1.82) is 0 Å². The number of carbonyl (C=O) groups is 2. The third-order valence-corrected chi connectivity index (χ3v) is 6.70. The summed E-state index contributed by atoms with van der Waals surface area (Å²) >= 11 is 0. The first-order valence-electron chi connectivity index (χ1n) is 16.7. The minimum Gasteiger partial charge on any atom is -0.455 e. The molecule has 9 heteroatoms. The second-order valence-corrected chi connectivity index (χ2v) is 15.6. The van der Waals surface area contributed by atoms with E-state index < -0.39 is 23.1 Å². The zero-order valence-electron chi connectivity index (χ0n) is 30.7. The lowest BCUT2D eigenvalue weighted by molar-refractivity contribution is 0.00500. The molecule has 260 valence electrons. The monoisotopic (exact) mass is 644 g/mol. The van der Waals surface area contributed by atoms with Gasteiger partial charge in [0.15, 0.2) is 11.4 Å². The van der Waals surface area contributed by atoms with Crippen LogP contribution < -0.4 is 10.2 Å². The lowest BCUT2D eigenvalue weighted by atomic mass is 9.84. The predicted molar refractivity (Wildman–Crippen MR) is 186 cm³/mol. The zero-order chi connectivity index (χ0) is 35.2. The second-order valence-electron chi connectivity index (χ2n) is 15.6. The van der Waals surface area contributed by atoms with Gasteiger partial charge in [0, 0.05) is 19.6 Å². The Morgan fingerprint density at radius 3 is 1.74 bits per heavy atom. The van der Waals surface area contributed by atoms with Crippen LogP contribution in [0, 0.1) is 16.8 Å². The SMILES string of the molecule is CC(C)(C)OC(=O)c1cccc(F)n1.CC1(C)CCCN(c2cccc(C(=O)OC(C)(C)C)n2)C1.CC1(C)CCCNC1.CCC. The largest absolute Gasteiger partial charge is 0.455 e. The van der Waals surface area contributed by atoms with Gasteiger partial charge in [0.1, 0.15) is 17.0 Å². The number of esters is 2. The van der Waals surface area contributed by atoms with Gasteiger partial charge in [0.05, 0.1) is 0 Å². The van der Waals surface area contributed by atoms with Crippen molar-refractivity contribution >= 4 is 17.8 Å². The molecule has 2 saturated heterocycles. The van der Waals surface area contributed by atoms with Crippen molar-refractivity contribution in [3.8, 4) is 0 Å². The van der Waals surface area contributed by atoms with Gasteiger partial charge in [0.25, 0.3) is 0 Å². The van der Waals surface area contributed by atoms with E-state index in [1.54, 1.807) is 26.8 Å². The molecule has 0 radical (unpaired) electrons. The summed E-state index contributed by atoms with van der Waals surface area (Å²) in [5.74, 6) is -0.794. The Kier molecular flexibility index (Phi) is 16.3. The number of halogens is 1. The lowest BCUT2D eigenvalue weighted by Gasteiger charge is -2.38. The number of hydrogen-bond donors (Lipinski definition) is 1. The number of hydrogen-bond acceptors (Lipinski definition) is 8. The lowest BCUT2D eigenvalue weighted by Crippen LogP contribution is -2.40. The number of anilines is 1. The second kappa shape index (κ2) is 18.3. The summed E-state index contributed by atoms with van der Waals surface area (Å²) in [6.07, 6.45) is 6.38. The van der Waals surface area contributed by atoms with E-state index >= 15 is 0 Å². The number of rotatable bonds is 3. The van der Waals surface area contributed by atoms with E-state index in [0.717, 1.165) is 25.3 Å². The van der Waals surface area contributed by atoms with Crippen molar-refractivity contribution in [2.75, 3.05) is 31.1 Å². The molecule has 0 aromatic carbocycles. The van der Waals surface area contributed by atoms with Crippen LogP contribution in [0.1, 0.15) is 136 Å². The Balaban J connectivity index is 0.000000362. The van der Waals surface area contributed by atoms with Gasteiger partial charge in [-0.05, 0) is 109 Å². The molecule has 0 unspecified atom stereocenters. The number of carbonyl (C=O) groups excluding carboxylic acids is 2. The van der Waals surface area contributed by atoms with Gasteiger partial charge < -0.3 is 19.7 Å². The van der Waals surface area contributed by atoms with Crippen LogP contribution in [0.15, 0.2) is 36.4 Å². The standard InChI is InChI=1S/C17H26N2O2.C10H12FNO2.C7H15N.C3H8/c1-16(2,3)21-15(20)13-8-6-9-14(18-13)19-11-7-10-17(4,5)12-19;1-10(2,3)14-9(13)7-5-4-6-8(11)12-7;1-7(2)4-3-5-8-6-7;1-3-2/h6,8-9H,7,10-12H2,1-5H3;4-6H,1-3H3;8H,3-6H2,1-2H3;3H2,1-2H3. The summed E-state index contributed by atoms with van der Waals surface area (Å²) in [5, 5.41) is 3.38. The topological polar surface area (TPSA) is 93.7 Å². The molecule has 0 spiro atoms. The average molecular weight is 645 g/mol. The van der Waals surface area contributed by atoms with E-state index in [0.29, 0.717) is 16.5 Å². The Hall–Kier alpha value is -3.07. The fourth-order valence-corrected chi connectivity index (χ4v) is 4.72. The number of piperidine rings is 2. The zero-order valence-corrected chi connectivity index (χ0v) is 30.7. The number of nitrogens with one attached hydrogen (secondary N) is 1. The molecule has 0 amide bonds. The highest BCUT2D eigenvalue weighted by Crippen LogP contribution is 2.31. The van der Waals surface area contributed by atoms with Crippen LogP contribution in [0.2, 0.25) is 0 Å². The van der Waals surface area contributed by atoms with E-state index in [2.05, 4.69) is 61.7 Å². The maximum absolute atomic E-state index is 12.6. The quantitative estimate of drug-likeness (QED) is 0.262. The highest BCUT2D eigenvalue weighted by atomic mass is 19.1. The summed E-state index contributed by atoms with van der Waals surface area (Å²) in [5.41, 5.74) is 0.137. The smallest absolute Gasteiger partial charge is 0.357 e. The minimum absolute atomic E-state index is 0.0140. The normalized spacial score (nSPS) is 17.0. The molecule has 2 aromatic rings. The van der Waals surface area contributed by atoms with E-state index in [9.17, 15) is 14.0 Å². The molecule has 2 aromatic heterocycles. The van der Waals surface area contributed by atoms with Crippen molar-refractivity contribution in [3.05, 3.63) is 53.7 Å².